The van der Waals surface area contributed by atoms with Crippen LogP contribution in [0.2, 0.25) is 0 Å². The molecule has 2 aliphatic carbocycles. The van der Waals surface area contributed by atoms with Crippen molar-refractivity contribution in [2.24, 2.45) is 5.41 Å². The highest BCUT2D eigenvalue weighted by atomic mass is 16.5. The summed E-state index contributed by atoms with van der Waals surface area (Å²) in [6, 6.07) is 17.9. The first-order valence-electron chi connectivity index (χ1n) is 30.5. The van der Waals surface area contributed by atoms with Crippen molar-refractivity contribution in [1.82, 2.24) is 88.5 Å². The number of ether oxygens (including phenoxy) is 3. The van der Waals surface area contributed by atoms with E-state index in [-0.39, 0.29) is 29.3 Å². The number of nitrogens with two attached hydrogens (primary N) is 3. The molecule has 90 heavy (non-hydrogen) atoms. The van der Waals surface area contributed by atoms with Gasteiger partial charge in [-0.15, -0.1) is 0 Å². The van der Waals surface area contributed by atoms with Crippen LogP contribution in [0.25, 0.3) is 67.3 Å². The molecule has 0 amide bonds. The number of nitrogens with zero attached hydrogens (tertiary/aromatic N) is 21. The molecule has 2 aromatic carbocycles. The van der Waals surface area contributed by atoms with Crippen LogP contribution in [0.5, 0.6) is 0 Å². The number of aromatic nitrogens is 18. The van der Waals surface area contributed by atoms with Crippen LogP contribution in [0.4, 0.5) is 35.7 Å². The van der Waals surface area contributed by atoms with Gasteiger partial charge in [-0.2, -0.15) is 15.0 Å². The molecule has 1 unspecified atom stereocenters. The van der Waals surface area contributed by atoms with E-state index in [0.717, 1.165) is 139 Å². The summed E-state index contributed by atoms with van der Waals surface area (Å²) in [5.74, 6) is 2.74. The van der Waals surface area contributed by atoms with Crippen molar-refractivity contribution < 1.29 is 14.2 Å². The summed E-state index contributed by atoms with van der Waals surface area (Å²) in [5.41, 5.74) is 32.0. The molecule has 9 aromatic heterocycles. The predicted octanol–water partition coefficient (Wildman–Crippen LogP) is 6.22. The van der Waals surface area contributed by atoms with Gasteiger partial charge in [-0.25, -0.2) is 59.8 Å². The lowest BCUT2D eigenvalue weighted by atomic mass is 9.88. The Bertz CT molecular complexity index is 4300. The Morgan fingerprint density at radius 2 is 0.767 bits per heavy atom. The van der Waals surface area contributed by atoms with Gasteiger partial charge >= 0.3 is 0 Å². The molecule has 12 heterocycles. The van der Waals surface area contributed by atoms with Gasteiger partial charge in [0.2, 0.25) is 35.7 Å². The number of rotatable bonds is 9. The third kappa shape index (κ3) is 12.2. The fourth-order valence-electron chi connectivity index (χ4n) is 12.3. The van der Waals surface area contributed by atoms with E-state index >= 15 is 0 Å². The summed E-state index contributed by atoms with van der Waals surface area (Å²) >= 11 is 0. The Morgan fingerprint density at radius 1 is 0.422 bits per heavy atom. The van der Waals surface area contributed by atoms with Crippen LogP contribution in [-0.2, 0) is 46.4 Å². The summed E-state index contributed by atoms with van der Waals surface area (Å²) in [7, 11) is 0. The van der Waals surface area contributed by atoms with Gasteiger partial charge in [-0.3, -0.25) is 0 Å². The zero-order valence-corrected chi connectivity index (χ0v) is 50.5. The van der Waals surface area contributed by atoms with Crippen molar-refractivity contribution >= 4 is 69.2 Å². The first-order chi connectivity index (χ1) is 43.9. The monoisotopic (exact) mass is 1210 g/mol. The maximum atomic E-state index is 5.71. The molecule has 3 saturated heterocycles. The summed E-state index contributed by atoms with van der Waals surface area (Å²) in [6.45, 7) is 15.9. The number of hydrogen-bond acceptors (Lipinski definition) is 24. The van der Waals surface area contributed by atoms with Crippen molar-refractivity contribution in [2.45, 2.75) is 71.5 Å². The highest BCUT2D eigenvalue weighted by Gasteiger charge is 2.30. The molecule has 3 fully saturated rings. The first-order valence-corrected chi connectivity index (χ1v) is 30.5. The summed E-state index contributed by atoms with van der Waals surface area (Å²) < 4.78 is 23.0. The van der Waals surface area contributed by atoms with E-state index in [9.17, 15) is 0 Å². The van der Waals surface area contributed by atoms with Gasteiger partial charge in [0.1, 0.15) is 33.6 Å². The van der Waals surface area contributed by atoms with Crippen molar-refractivity contribution in [3.63, 3.8) is 0 Å². The Morgan fingerprint density at radius 3 is 1.18 bits per heavy atom. The summed E-state index contributed by atoms with van der Waals surface area (Å²) in [4.78, 5) is 74.7. The minimum atomic E-state index is 0.0994. The second-order valence-electron chi connectivity index (χ2n) is 24.2. The van der Waals surface area contributed by atoms with Gasteiger partial charge in [0, 0.05) is 112 Å². The summed E-state index contributed by atoms with van der Waals surface area (Å²) in [6.07, 6.45) is 20.8. The molecule has 6 N–H and O–H groups in total. The van der Waals surface area contributed by atoms with E-state index in [2.05, 4.69) is 133 Å². The molecule has 11 aromatic rings. The molecule has 0 radical (unpaired) electrons. The first kappa shape index (κ1) is 57.7. The highest BCUT2D eigenvalue weighted by Crippen LogP contribution is 2.37. The SMILES string of the molecule is CC(C)(C)Cn1cnc2c(-c3cnc(N)nc3)nc(N3CCOCC3)nc21.Nc1ncc(-c2nc(N3CCOCC3)nc3c2ncn3C2CCc3ccccc3C2)cn1.Nc1ncc(-c2nc(N3CCOCC3)nc3c2ncn3C2Cc3ccccc3C2)cn1. The van der Waals surface area contributed by atoms with E-state index in [1.54, 1.807) is 37.2 Å². The Kier molecular flexibility index (Phi) is 16.0. The second kappa shape index (κ2) is 24.9. The Labute approximate surface area is 518 Å². The van der Waals surface area contributed by atoms with Gasteiger partial charge in [0.15, 0.2) is 16.9 Å². The summed E-state index contributed by atoms with van der Waals surface area (Å²) in [5, 5.41) is 0. The van der Waals surface area contributed by atoms with Gasteiger partial charge < -0.3 is 59.8 Å². The molecular weight excluding hydrogens is 1140 g/mol. The maximum Gasteiger partial charge on any atom is 0.228 e. The predicted molar refractivity (Wildman–Crippen MR) is 341 cm³/mol. The van der Waals surface area contributed by atoms with Crippen molar-refractivity contribution in [3.8, 4) is 33.8 Å². The zero-order chi connectivity index (χ0) is 61.3. The molecule has 0 saturated carbocycles. The Balaban J connectivity index is 0.000000118. The molecule has 0 bridgehead atoms. The highest BCUT2D eigenvalue weighted by molar-refractivity contribution is 5.90. The van der Waals surface area contributed by atoms with Crippen LogP contribution in [0.15, 0.2) is 105 Å². The third-order valence-corrected chi connectivity index (χ3v) is 16.8. The van der Waals surface area contributed by atoms with Crippen LogP contribution in [0.3, 0.4) is 0 Å². The van der Waals surface area contributed by atoms with Crippen LogP contribution < -0.4 is 31.9 Å². The van der Waals surface area contributed by atoms with E-state index < -0.39 is 0 Å². The quantitative estimate of drug-likeness (QED) is 0.144. The molecule has 0 spiro atoms. The van der Waals surface area contributed by atoms with E-state index in [1.165, 1.54) is 22.3 Å². The van der Waals surface area contributed by atoms with Crippen LogP contribution in [0.1, 0.15) is 61.5 Å². The minimum absolute atomic E-state index is 0.0994. The smallest absolute Gasteiger partial charge is 0.228 e. The molecule has 27 heteroatoms. The van der Waals surface area contributed by atoms with E-state index in [4.69, 9.17) is 71.3 Å². The number of anilines is 6. The third-order valence-electron chi connectivity index (χ3n) is 16.8. The van der Waals surface area contributed by atoms with Gasteiger partial charge in [-0.1, -0.05) is 69.3 Å². The molecule has 1 atom stereocenters. The van der Waals surface area contributed by atoms with E-state index in [0.29, 0.717) is 69.2 Å². The molecule has 460 valence electrons. The van der Waals surface area contributed by atoms with E-state index in [1.807, 2.05) is 19.0 Å². The number of nitrogen functional groups attached to an aromatic ring is 3. The molecule has 5 aliphatic rings. The normalized spacial score (nSPS) is 17.0. The Hall–Kier alpha value is -9.99. The minimum Gasteiger partial charge on any atom is -0.378 e. The topological polar surface area (TPSA) is 324 Å². The van der Waals surface area contributed by atoms with Crippen molar-refractivity contribution in [1.29, 1.82) is 0 Å². The number of hydrogen-bond donors (Lipinski definition) is 3. The number of morpholine rings is 3. The van der Waals surface area contributed by atoms with Gasteiger partial charge in [0.05, 0.1) is 58.6 Å². The van der Waals surface area contributed by atoms with Crippen LogP contribution in [0, 0.1) is 5.41 Å². The van der Waals surface area contributed by atoms with Gasteiger partial charge in [0.25, 0.3) is 0 Å². The average Bonchev–Trinajstić information content (AvgIpc) is 1.91. The lowest BCUT2D eigenvalue weighted by molar-refractivity contribution is 0.122. The second-order valence-corrected chi connectivity index (χ2v) is 24.2. The molecular formula is C63H70N24O3. The number of aryl methyl sites for hydroxylation is 1. The van der Waals surface area contributed by atoms with Crippen LogP contribution >= 0.6 is 0 Å². The molecule has 16 rings (SSSR count). The van der Waals surface area contributed by atoms with Crippen molar-refractivity contribution in [3.05, 3.63) is 127 Å². The van der Waals surface area contributed by atoms with Crippen LogP contribution in [-0.4, -0.2) is 167 Å². The van der Waals surface area contributed by atoms with Gasteiger partial charge in [-0.05, 0) is 59.8 Å². The lowest BCUT2D eigenvalue weighted by Crippen LogP contribution is -2.37. The molecule has 27 nitrogen and oxygen atoms in total. The number of fused-ring (bicyclic) bond motifs is 5. The standard InChI is InChI=1S/C23H24N8O.C22H22N8O.C18H24N8O/c24-22-25-12-17(13-26-22)19-20-21(29-23(28-19)30-7-9-32-10-8-30)31(14-27-20)18-6-5-15-3-1-2-4-16(15)11-18;23-21-24-11-16(12-25-21)18-19-20(28-22(27-18)29-5-7-31-8-6-29)30(13-26-19)17-9-14-3-1-2-4-15(14)10-17;1-18(2,3)10-26-11-22-14-13(12-8-20-16(19)21-9-12)23-17(24-15(14)26)25-4-6-27-7-5-25/h1-4,12-14,18H,5-11H2,(H2,24,25,26);1-4,11-13,17H,5-10H2,(H2,23,24,25);8-9,11H,4-7,10H2,1-3H3,(H2,19,20,21). The zero-order valence-electron chi connectivity index (χ0n) is 50.5. The largest absolute Gasteiger partial charge is 0.378 e. The maximum absolute atomic E-state index is 5.71. The van der Waals surface area contributed by atoms with Crippen molar-refractivity contribution in [2.75, 3.05) is 111 Å². The molecule has 3 aliphatic heterocycles. The lowest BCUT2D eigenvalue weighted by Gasteiger charge is -2.28. The average molecular weight is 1210 g/mol. The fourth-order valence-corrected chi connectivity index (χ4v) is 12.3. The number of imidazole rings is 3. The number of benzene rings is 2. The fraction of sp³-hybridized carbons (Fsp3) is 0.381.